The van der Waals surface area contributed by atoms with Gasteiger partial charge in [0.15, 0.2) is 0 Å². The fourth-order valence-corrected chi connectivity index (χ4v) is 2.98. The quantitative estimate of drug-likeness (QED) is 0.600. The van der Waals surface area contributed by atoms with Gasteiger partial charge in [-0.1, -0.05) is 12.1 Å². The molecule has 5 heteroatoms. The van der Waals surface area contributed by atoms with Crippen LogP contribution >= 0.6 is 0 Å². The minimum Gasteiger partial charge on any atom is -0.368 e. The summed E-state index contributed by atoms with van der Waals surface area (Å²) in [4.78, 5) is 6.52. The zero-order valence-corrected chi connectivity index (χ0v) is 14.7. The third-order valence-electron chi connectivity index (χ3n) is 4.55. The highest BCUT2D eigenvalue weighted by Gasteiger charge is 2.28. The molecule has 132 valence electrons. The molecular weight excluding hydrogens is 322 g/mol. The zero-order chi connectivity index (χ0) is 18.0. The number of rotatable bonds is 4. The Hall–Kier alpha value is -2.27. The second kappa shape index (κ2) is 7.31. The summed E-state index contributed by atoms with van der Waals surface area (Å²) in [5, 5.41) is 0. The molecule has 0 fully saturated rings. The van der Waals surface area contributed by atoms with Crippen molar-refractivity contribution in [2.75, 3.05) is 20.2 Å². The molecule has 1 aliphatic heterocycles. The van der Waals surface area contributed by atoms with Crippen LogP contribution in [0.2, 0.25) is 0 Å². The highest BCUT2D eigenvalue weighted by molar-refractivity contribution is 5.64. The van der Waals surface area contributed by atoms with Gasteiger partial charge in [-0.25, -0.2) is 13.8 Å². The van der Waals surface area contributed by atoms with Crippen molar-refractivity contribution in [2.45, 2.75) is 26.4 Å². The topological polar surface area (TPSA) is 24.8 Å². The van der Waals surface area contributed by atoms with Gasteiger partial charge in [-0.2, -0.15) is 0 Å². The third-order valence-corrected chi connectivity index (χ3v) is 4.55. The Morgan fingerprint density at radius 3 is 2.68 bits per heavy atom. The standard InChI is InChI=1S/C20H22F2N2O/c1-4-24(3)12-23-18-11-14-8-9-25-20(15(14)10-13(18)2)19-16(21)6-5-7-17(19)22/h5-7,10-12,20H,4,8-9H2,1-3H3/b23-12+. The van der Waals surface area contributed by atoms with Crippen LogP contribution in [0.4, 0.5) is 14.5 Å². The average Bonchev–Trinajstić information content (AvgIpc) is 2.60. The minimum atomic E-state index is -0.722. The summed E-state index contributed by atoms with van der Waals surface area (Å²) >= 11 is 0. The normalized spacial score (nSPS) is 16.9. The van der Waals surface area contributed by atoms with E-state index in [0.717, 1.165) is 28.9 Å². The molecule has 2 aromatic carbocycles. The van der Waals surface area contributed by atoms with E-state index in [1.165, 1.54) is 18.2 Å². The molecule has 25 heavy (non-hydrogen) atoms. The van der Waals surface area contributed by atoms with E-state index in [4.69, 9.17) is 4.74 Å². The summed E-state index contributed by atoms with van der Waals surface area (Å²) in [6, 6.07) is 7.83. The van der Waals surface area contributed by atoms with Gasteiger partial charge in [-0.15, -0.1) is 0 Å². The first-order chi connectivity index (χ1) is 12.0. The molecule has 0 saturated heterocycles. The average molecular weight is 344 g/mol. The van der Waals surface area contributed by atoms with E-state index in [1.54, 1.807) is 6.34 Å². The van der Waals surface area contributed by atoms with Crippen molar-refractivity contribution in [1.29, 1.82) is 0 Å². The molecule has 1 unspecified atom stereocenters. The molecule has 0 amide bonds. The van der Waals surface area contributed by atoms with E-state index in [9.17, 15) is 8.78 Å². The van der Waals surface area contributed by atoms with Gasteiger partial charge >= 0.3 is 0 Å². The first-order valence-electron chi connectivity index (χ1n) is 8.44. The van der Waals surface area contributed by atoms with Crippen molar-refractivity contribution >= 4 is 12.0 Å². The Labute approximate surface area is 147 Å². The van der Waals surface area contributed by atoms with Crippen LogP contribution in [0.1, 0.15) is 35.3 Å². The van der Waals surface area contributed by atoms with Gasteiger partial charge in [-0.3, -0.25) is 0 Å². The molecule has 0 radical (unpaired) electrons. The molecule has 0 spiro atoms. The van der Waals surface area contributed by atoms with E-state index in [1.807, 2.05) is 31.0 Å². The number of ether oxygens (including phenoxy) is 1. The van der Waals surface area contributed by atoms with Crippen molar-refractivity contribution in [1.82, 2.24) is 4.90 Å². The van der Waals surface area contributed by atoms with Crippen LogP contribution in [0.15, 0.2) is 35.3 Å². The Morgan fingerprint density at radius 2 is 2.00 bits per heavy atom. The molecule has 0 saturated carbocycles. The number of hydrogen-bond acceptors (Lipinski definition) is 2. The highest BCUT2D eigenvalue weighted by atomic mass is 19.1. The van der Waals surface area contributed by atoms with Gasteiger partial charge in [0.05, 0.1) is 24.2 Å². The van der Waals surface area contributed by atoms with Crippen molar-refractivity contribution in [3.05, 3.63) is 64.2 Å². The molecule has 0 bridgehead atoms. The predicted molar refractivity (Wildman–Crippen MR) is 95.5 cm³/mol. The molecule has 0 aliphatic carbocycles. The zero-order valence-electron chi connectivity index (χ0n) is 14.7. The van der Waals surface area contributed by atoms with Gasteiger partial charge in [0.1, 0.15) is 17.7 Å². The largest absolute Gasteiger partial charge is 0.368 e. The van der Waals surface area contributed by atoms with E-state index in [2.05, 4.69) is 11.9 Å². The summed E-state index contributed by atoms with van der Waals surface area (Å²) < 4.78 is 34.2. The summed E-state index contributed by atoms with van der Waals surface area (Å²) in [6.45, 7) is 5.29. The fourth-order valence-electron chi connectivity index (χ4n) is 2.98. The van der Waals surface area contributed by atoms with Gasteiger partial charge in [-0.05, 0) is 55.2 Å². The highest BCUT2D eigenvalue weighted by Crippen LogP contribution is 2.38. The number of benzene rings is 2. The summed E-state index contributed by atoms with van der Waals surface area (Å²) in [5.74, 6) is -1.16. The van der Waals surface area contributed by atoms with Crippen LogP contribution < -0.4 is 0 Å². The molecule has 3 rings (SSSR count). The van der Waals surface area contributed by atoms with E-state index in [-0.39, 0.29) is 5.56 Å². The van der Waals surface area contributed by atoms with Crippen LogP contribution in [0, 0.1) is 18.6 Å². The van der Waals surface area contributed by atoms with Crippen molar-refractivity contribution in [2.24, 2.45) is 4.99 Å². The van der Waals surface area contributed by atoms with Crippen LogP contribution in [0.5, 0.6) is 0 Å². The number of aliphatic imine (C=N–C) groups is 1. The Morgan fingerprint density at radius 1 is 1.28 bits per heavy atom. The number of hydrogen-bond donors (Lipinski definition) is 0. The molecule has 2 aromatic rings. The lowest BCUT2D eigenvalue weighted by molar-refractivity contribution is 0.0649. The Bertz CT molecular complexity index is 784. The maximum Gasteiger partial charge on any atom is 0.132 e. The maximum atomic E-state index is 14.2. The molecule has 1 aliphatic rings. The van der Waals surface area contributed by atoms with Gasteiger partial charge in [0.25, 0.3) is 0 Å². The van der Waals surface area contributed by atoms with E-state index in [0.29, 0.717) is 13.0 Å². The number of halogens is 2. The maximum absolute atomic E-state index is 14.2. The third kappa shape index (κ3) is 3.56. The van der Waals surface area contributed by atoms with Crippen LogP contribution in [0.3, 0.4) is 0 Å². The molecule has 0 aromatic heterocycles. The molecule has 1 heterocycles. The predicted octanol–water partition coefficient (Wildman–Crippen LogP) is 4.55. The number of fused-ring (bicyclic) bond motifs is 1. The minimum absolute atomic E-state index is 0.0233. The Kier molecular flexibility index (Phi) is 5.13. The Balaban J connectivity index is 2.03. The van der Waals surface area contributed by atoms with E-state index >= 15 is 0 Å². The first kappa shape index (κ1) is 17.5. The summed E-state index contributed by atoms with van der Waals surface area (Å²) in [7, 11) is 1.96. The van der Waals surface area contributed by atoms with E-state index < -0.39 is 17.7 Å². The van der Waals surface area contributed by atoms with Gasteiger partial charge in [0, 0.05) is 13.6 Å². The van der Waals surface area contributed by atoms with Crippen molar-refractivity contribution in [3.63, 3.8) is 0 Å². The first-order valence-corrected chi connectivity index (χ1v) is 8.44. The lowest BCUT2D eigenvalue weighted by atomic mass is 9.90. The second-order valence-corrected chi connectivity index (χ2v) is 6.29. The lowest BCUT2D eigenvalue weighted by Crippen LogP contribution is -2.20. The second-order valence-electron chi connectivity index (χ2n) is 6.29. The summed E-state index contributed by atoms with van der Waals surface area (Å²) in [5.41, 5.74) is 3.64. The monoisotopic (exact) mass is 344 g/mol. The SMILES string of the molecule is CCN(C)/C=N/c1cc2c(cc1C)C(c1c(F)cccc1F)OCC2. The molecule has 1 atom stereocenters. The fraction of sp³-hybridized carbons (Fsp3) is 0.350. The molecule has 0 N–H and O–H groups in total. The van der Waals surface area contributed by atoms with Crippen LogP contribution in [-0.4, -0.2) is 31.4 Å². The molecule has 3 nitrogen and oxygen atoms in total. The smallest absolute Gasteiger partial charge is 0.132 e. The van der Waals surface area contributed by atoms with Crippen LogP contribution in [0.25, 0.3) is 0 Å². The van der Waals surface area contributed by atoms with Gasteiger partial charge < -0.3 is 9.64 Å². The van der Waals surface area contributed by atoms with Gasteiger partial charge in [0.2, 0.25) is 0 Å². The lowest BCUT2D eigenvalue weighted by Gasteiger charge is -2.28. The number of aryl methyl sites for hydroxylation is 1. The number of nitrogens with zero attached hydrogens (tertiary/aromatic N) is 2. The van der Waals surface area contributed by atoms with Crippen LogP contribution in [-0.2, 0) is 11.2 Å². The molecular formula is C20H22F2N2O. The van der Waals surface area contributed by atoms with Crippen molar-refractivity contribution < 1.29 is 13.5 Å². The summed E-state index contributed by atoms with van der Waals surface area (Å²) in [6.07, 6.45) is 1.77. The van der Waals surface area contributed by atoms with Crippen molar-refractivity contribution in [3.8, 4) is 0 Å².